The molecule has 0 spiro atoms. The van der Waals surface area contributed by atoms with Crippen molar-refractivity contribution in [1.82, 2.24) is 4.98 Å². The fraction of sp³-hybridized carbons (Fsp3) is 0.455. The summed E-state index contributed by atoms with van der Waals surface area (Å²) in [7, 11) is 0. The maximum absolute atomic E-state index is 11.9. The molecule has 1 heterocycles. The van der Waals surface area contributed by atoms with Crippen molar-refractivity contribution >= 4 is 45.0 Å². The van der Waals surface area contributed by atoms with E-state index in [0.717, 1.165) is 0 Å². The summed E-state index contributed by atoms with van der Waals surface area (Å²) in [5.74, 6) is -1.73. The first-order chi connectivity index (χ1) is 8.44. The van der Waals surface area contributed by atoms with E-state index >= 15 is 0 Å². The number of ketones is 1. The average molecular weight is 332 g/mol. The summed E-state index contributed by atoms with van der Waals surface area (Å²) >= 11 is 4.61. The SMILES string of the molecule is CC(=O)CC(=O)OC(=O)C1(c2csc(Br)n2)CC1. The van der Waals surface area contributed by atoms with Crippen molar-refractivity contribution < 1.29 is 19.1 Å². The largest absolute Gasteiger partial charge is 0.392 e. The Bertz CT molecular complexity index is 521. The van der Waals surface area contributed by atoms with Crippen LogP contribution in [-0.2, 0) is 24.5 Å². The van der Waals surface area contributed by atoms with Gasteiger partial charge in [0.05, 0.1) is 5.69 Å². The van der Waals surface area contributed by atoms with Gasteiger partial charge in [0.2, 0.25) is 0 Å². The highest BCUT2D eigenvalue weighted by molar-refractivity contribution is 9.11. The van der Waals surface area contributed by atoms with Gasteiger partial charge in [-0.25, -0.2) is 4.98 Å². The molecule has 1 aliphatic rings. The van der Waals surface area contributed by atoms with Crippen LogP contribution in [0.15, 0.2) is 9.30 Å². The number of Topliss-reactive ketones (excluding diaryl/α,β-unsaturated/α-hetero) is 1. The lowest BCUT2D eigenvalue weighted by Crippen LogP contribution is -2.27. The Morgan fingerprint density at radius 2 is 2.17 bits per heavy atom. The van der Waals surface area contributed by atoms with Crippen LogP contribution >= 0.6 is 27.3 Å². The van der Waals surface area contributed by atoms with E-state index in [9.17, 15) is 14.4 Å². The van der Waals surface area contributed by atoms with E-state index in [1.54, 1.807) is 5.38 Å². The number of halogens is 1. The van der Waals surface area contributed by atoms with Gasteiger partial charge in [-0.05, 0) is 35.7 Å². The van der Waals surface area contributed by atoms with E-state index in [4.69, 9.17) is 4.74 Å². The lowest BCUT2D eigenvalue weighted by molar-refractivity contribution is -0.161. The molecule has 1 aromatic heterocycles. The molecule has 7 heteroatoms. The Labute approximate surface area is 116 Å². The van der Waals surface area contributed by atoms with Gasteiger partial charge >= 0.3 is 11.9 Å². The zero-order chi connectivity index (χ0) is 13.3. The minimum atomic E-state index is -0.798. The number of hydrogen-bond donors (Lipinski definition) is 0. The molecule has 96 valence electrons. The smallest absolute Gasteiger partial charge is 0.325 e. The van der Waals surface area contributed by atoms with Crippen LogP contribution in [0.25, 0.3) is 0 Å². The number of hydrogen-bond acceptors (Lipinski definition) is 6. The molecule has 2 rings (SSSR count). The van der Waals surface area contributed by atoms with Gasteiger partial charge in [-0.15, -0.1) is 11.3 Å². The van der Waals surface area contributed by atoms with Crippen LogP contribution in [0.2, 0.25) is 0 Å². The molecule has 0 aliphatic heterocycles. The summed E-state index contributed by atoms with van der Waals surface area (Å²) < 4.78 is 5.39. The number of nitrogens with zero attached hydrogens (tertiary/aromatic N) is 1. The van der Waals surface area contributed by atoms with Crippen LogP contribution in [0.4, 0.5) is 0 Å². The standard InChI is InChI=1S/C11H10BrNO4S/c1-6(14)4-8(15)17-9(16)11(2-3-11)7-5-18-10(12)13-7/h5H,2-4H2,1H3. The Morgan fingerprint density at radius 1 is 1.50 bits per heavy atom. The van der Waals surface area contributed by atoms with E-state index in [2.05, 4.69) is 20.9 Å². The third-order valence-electron chi connectivity index (χ3n) is 2.71. The molecular formula is C11H10BrNO4S. The molecule has 0 saturated heterocycles. The van der Waals surface area contributed by atoms with Gasteiger partial charge in [-0.2, -0.15) is 0 Å². The maximum Gasteiger partial charge on any atom is 0.325 e. The normalized spacial score (nSPS) is 16.1. The van der Waals surface area contributed by atoms with Crippen molar-refractivity contribution in [3.63, 3.8) is 0 Å². The van der Waals surface area contributed by atoms with Crippen molar-refractivity contribution in [1.29, 1.82) is 0 Å². The predicted molar refractivity (Wildman–Crippen MR) is 67.1 cm³/mol. The zero-order valence-corrected chi connectivity index (χ0v) is 12.0. The van der Waals surface area contributed by atoms with Crippen molar-refractivity contribution in [3.05, 3.63) is 15.0 Å². The molecule has 0 N–H and O–H groups in total. The van der Waals surface area contributed by atoms with Gasteiger partial charge in [0.1, 0.15) is 17.6 Å². The second kappa shape index (κ2) is 4.89. The van der Waals surface area contributed by atoms with E-state index in [-0.39, 0.29) is 12.2 Å². The van der Waals surface area contributed by atoms with E-state index in [1.807, 2.05) is 0 Å². The number of carbonyl (C=O) groups is 3. The Balaban J connectivity index is 2.05. The van der Waals surface area contributed by atoms with Crippen LogP contribution in [0.1, 0.15) is 31.9 Å². The van der Waals surface area contributed by atoms with Gasteiger partial charge in [0, 0.05) is 5.38 Å². The molecule has 1 aliphatic carbocycles. The zero-order valence-electron chi connectivity index (χ0n) is 9.57. The van der Waals surface area contributed by atoms with Crippen molar-refractivity contribution in [2.45, 2.75) is 31.6 Å². The van der Waals surface area contributed by atoms with Gasteiger partial charge < -0.3 is 4.74 Å². The molecule has 1 aromatic rings. The highest BCUT2D eigenvalue weighted by Gasteiger charge is 2.55. The molecule has 5 nitrogen and oxygen atoms in total. The first-order valence-electron chi connectivity index (χ1n) is 5.30. The van der Waals surface area contributed by atoms with Crippen molar-refractivity contribution in [3.8, 4) is 0 Å². The molecule has 0 amide bonds. The fourth-order valence-corrected chi connectivity index (χ4v) is 2.71. The van der Waals surface area contributed by atoms with E-state index in [1.165, 1.54) is 18.3 Å². The predicted octanol–water partition coefficient (Wildman–Crippen LogP) is 1.99. The maximum atomic E-state index is 11.9. The van der Waals surface area contributed by atoms with Gasteiger partial charge in [-0.3, -0.25) is 14.4 Å². The summed E-state index contributed by atoms with van der Waals surface area (Å²) in [6.07, 6.45) is 0.868. The summed E-state index contributed by atoms with van der Waals surface area (Å²) in [6, 6.07) is 0. The molecule has 1 fully saturated rings. The van der Waals surface area contributed by atoms with Crippen LogP contribution in [0, 0.1) is 0 Å². The highest BCUT2D eigenvalue weighted by Crippen LogP contribution is 2.49. The Hall–Kier alpha value is -1.08. The van der Waals surface area contributed by atoms with E-state index in [0.29, 0.717) is 22.5 Å². The third kappa shape index (κ3) is 2.67. The average Bonchev–Trinajstić information content (AvgIpc) is 2.95. The number of ether oxygens (including phenoxy) is 1. The molecule has 0 radical (unpaired) electrons. The summed E-state index contributed by atoms with van der Waals surface area (Å²) in [5.41, 5.74) is -0.158. The second-order valence-electron chi connectivity index (χ2n) is 4.21. The fourth-order valence-electron chi connectivity index (χ4n) is 1.60. The van der Waals surface area contributed by atoms with Crippen LogP contribution < -0.4 is 0 Å². The molecule has 1 saturated carbocycles. The van der Waals surface area contributed by atoms with Gasteiger partial charge in [0.25, 0.3) is 0 Å². The van der Waals surface area contributed by atoms with E-state index < -0.39 is 17.4 Å². The van der Waals surface area contributed by atoms with Gasteiger partial charge in [-0.1, -0.05) is 0 Å². The molecular weight excluding hydrogens is 322 g/mol. The minimum Gasteiger partial charge on any atom is -0.392 e. The number of thiazole rings is 1. The molecule has 0 atom stereocenters. The van der Waals surface area contributed by atoms with Gasteiger partial charge in [0.15, 0.2) is 3.92 Å². The molecule has 18 heavy (non-hydrogen) atoms. The van der Waals surface area contributed by atoms with Crippen LogP contribution in [-0.4, -0.2) is 22.7 Å². The molecule has 0 aromatic carbocycles. The first kappa shape index (κ1) is 13.4. The highest BCUT2D eigenvalue weighted by atomic mass is 79.9. The van der Waals surface area contributed by atoms with Crippen LogP contribution in [0.5, 0.6) is 0 Å². The summed E-state index contributed by atoms with van der Waals surface area (Å²) in [4.78, 5) is 38.1. The third-order valence-corrected chi connectivity index (χ3v) is 4.07. The number of rotatable bonds is 4. The van der Waals surface area contributed by atoms with Crippen LogP contribution in [0.3, 0.4) is 0 Å². The summed E-state index contributed by atoms with van der Waals surface area (Å²) in [5, 5.41) is 1.77. The van der Waals surface area contributed by atoms with Crippen molar-refractivity contribution in [2.75, 3.05) is 0 Å². The number of aromatic nitrogens is 1. The molecule has 0 bridgehead atoms. The number of carbonyl (C=O) groups excluding carboxylic acids is 3. The number of esters is 2. The quantitative estimate of drug-likeness (QED) is 0.623. The Kier molecular flexibility index (Phi) is 3.63. The monoisotopic (exact) mass is 331 g/mol. The lowest BCUT2D eigenvalue weighted by Gasteiger charge is -2.10. The van der Waals surface area contributed by atoms with Crippen molar-refractivity contribution in [2.24, 2.45) is 0 Å². The Morgan fingerprint density at radius 3 is 2.61 bits per heavy atom. The molecule has 0 unspecified atom stereocenters. The summed E-state index contributed by atoms with van der Waals surface area (Å²) in [6.45, 7) is 1.27. The topological polar surface area (TPSA) is 73.3 Å². The second-order valence-corrected chi connectivity index (χ2v) is 6.34. The minimum absolute atomic E-state index is 0.325. The lowest BCUT2D eigenvalue weighted by atomic mass is 10.0. The first-order valence-corrected chi connectivity index (χ1v) is 6.97.